The van der Waals surface area contributed by atoms with E-state index >= 15 is 0 Å². The average molecular weight is 542 g/mol. The number of piperazine rings is 1. The molecule has 204 valence electrons. The van der Waals surface area contributed by atoms with Crippen molar-refractivity contribution in [2.45, 2.75) is 6.30 Å². The number of amides is 1. The van der Waals surface area contributed by atoms with Gasteiger partial charge in [0, 0.05) is 41.4 Å². The number of rotatable bonds is 8. The quantitative estimate of drug-likeness (QED) is 0.188. The molecule has 3 N–H and O–H groups in total. The third kappa shape index (κ3) is 6.41. The number of halogens is 2. The van der Waals surface area contributed by atoms with Crippen LogP contribution in [-0.4, -0.2) is 53.8 Å². The summed E-state index contributed by atoms with van der Waals surface area (Å²) >= 11 is 0. The number of carbonyl (C=O) groups is 1. The van der Waals surface area contributed by atoms with Crippen LogP contribution in [0, 0.1) is 5.82 Å². The predicted molar refractivity (Wildman–Crippen MR) is 155 cm³/mol. The van der Waals surface area contributed by atoms with E-state index in [0.717, 1.165) is 17.9 Å². The lowest BCUT2D eigenvalue weighted by molar-refractivity contribution is -0.111. The minimum Gasteiger partial charge on any atom is -0.366 e. The summed E-state index contributed by atoms with van der Waals surface area (Å²) in [7, 11) is 1.78. The van der Waals surface area contributed by atoms with Crippen molar-refractivity contribution in [3.63, 3.8) is 0 Å². The second-order valence-corrected chi connectivity index (χ2v) is 9.40. The van der Waals surface area contributed by atoms with Crippen LogP contribution in [0.5, 0.6) is 0 Å². The highest BCUT2D eigenvalue weighted by Gasteiger charge is 2.24. The number of anilines is 6. The number of hydrogen-bond acceptors (Lipinski definition) is 7. The van der Waals surface area contributed by atoms with Crippen LogP contribution in [-0.2, 0) is 4.79 Å². The summed E-state index contributed by atoms with van der Waals surface area (Å²) in [6.07, 6.45) is 1.78. The Morgan fingerprint density at radius 1 is 1.00 bits per heavy atom. The summed E-state index contributed by atoms with van der Waals surface area (Å²) in [5.41, 5.74) is 4.53. The van der Waals surface area contributed by atoms with Gasteiger partial charge in [-0.25, -0.2) is 18.7 Å². The Bertz CT molecular complexity index is 1530. The predicted octanol–water partition coefficient (Wildman–Crippen LogP) is 5.94. The van der Waals surface area contributed by atoms with Crippen LogP contribution in [0.25, 0.3) is 11.3 Å². The molecule has 1 atom stereocenters. The molecule has 0 radical (unpaired) electrons. The van der Waals surface area contributed by atoms with Crippen LogP contribution in [0.3, 0.4) is 0 Å². The summed E-state index contributed by atoms with van der Waals surface area (Å²) in [6.45, 7) is 5.14. The van der Waals surface area contributed by atoms with Gasteiger partial charge >= 0.3 is 0 Å². The Morgan fingerprint density at radius 2 is 1.75 bits per heavy atom. The van der Waals surface area contributed by atoms with Crippen LogP contribution in [0.4, 0.5) is 43.2 Å². The summed E-state index contributed by atoms with van der Waals surface area (Å²) < 4.78 is 28.2. The fraction of sp³-hybridized carbons (Fsp3) is 0.167. The molecule has 8 nitrogen and oxygen atoms in total. The average Bonchev–Trinajstić information content (AvgIpc) is 2.95. The van der Waals surface area contributed by atoms with Crippen molar-refractivity contribution in [2.75, 3.05) is 47.5 Å². The van der Waals surface area contributed by atoms with E-state index in [1.54, 1.807) is 48.5 Å². The number of carbonyl (C=O) groups excluding carboxylic acids is 1. The van der Waals surface area contributed by atoms with Crippen LogP contribution in [0.2, 0.25) is 0 Å². The molecule has 1 aromatic heterocycles. The van der Waals surface area contributed by atoms with Crippen LogP contribution in [0.1, 0.15) is 0 Å². The molecule has 0 saturated carbocycles. The van der Waals surface area contributed by atoms with Crippen molar-refractivity contribution in [2.24, 2.45) is 0 Å². The molecule has 1 aliphatic heterocycles. The van der Waals surface area contributed by atoms with Gasteiger partial charge in [0.15, 0.2) is 6.30 Å². The number of hydrogen-bond donors (Lipinski definition) is 3. The molecule has 0 spiro atoms. The maximum Gasteiger partial charge on any atom is 0.247 e. The van der Waals surface area contributed by atoms with E-state index in [1.807, 2.05) is 35.2 Å². The van der Waals surface area contributed by atoms with Gasteiger partial charge in [0.05, 0.1) is 24.1 Å². The van der Waals surface area contributed by atoms with Gasteiger partial charge < -0.3 is 20.9 Å². The van der Waals surface area contributed by atoms with Crippen LogP contribution in [0.15, 0.2) is 91.6 Å². The Hall–Kier alpha value is -4.83. The molecule has 1 aliphatic rings. The molecular formula is C30H29F2N7O. The summed E-state index contributed by atoms with van der Waals surface area (Å²) in [5.74, 6) is -0.377. The molecule has 1 saturated heterocycles. The fourth-order valence-electron chi connectivity index (χ4n) is 4.39. The second-order valence-electron chi connectivity index (χ2n) is 9.40. The van der Waals surface area contributed by atoms with E-state index in [-0.39, 0.29) is 11.7 Å². The summed E-state index contributed by atoms with van der Waals surface area (Å²) in [5, 5.41) is 9.19. The molecule has 10 heteroatoms. The highest BCUT2D eigenvalue weighted by Crippen LogP contribution is 2.32. The Morgan fingerprint density at radius 3 is 2.52 bits per heavy atom. The number of likely N-dealkylation sites (N-methyl/N-ethyl adjacent to an activating group) is 1. The first-order valence-corrected chi connectivity index (χ1v) is 12.8. The van der Waals surface area contributed by atoms with Gasteiger partial charge in [-0.2, -0.15) is 0 Å². The smallest absolute Gasteiger partial charge is 0.247 e. The molecule has 2 heterocycles. The molecular weight excluding hydrogens is 512 g/mol. The zero-order chi connectivity index (χ0) is 28.1. The van der Waals surface area contributed by atoms with Gasteiger partial charge in [-0.15, -0.1) is 0 Å². The summed E-state index contributed by atoms with van der Waals surface area (Å²) in [4.78, 5) is 24.8. The minimum atomic E-state index is -1.03. The van der Waals surface area contributed by atoms with Gasteiger partial charge in [0.25, 0.3) is 0 Å². The van der Waals surface area contributed by atoms with Gasteiger partial charge in [0.2, 0.25) is 11.9 Å². The van der Waals surface area contributed by atoms with E-state index in [4.69, 9.17) is 4.98 Å². The van der Waals surface area contributed by atoms with E-state index in [0.29, 0.717) is 47.4 Å². The number of nitrogens with one attached hydrogen (secondary N) is 3. The normalized spacial score (nSPS) is 15.4. The highest BCUT2D eigenvalue weighted by molar-refractivity contribution is 5.99. The largest absolute Gasteiger partial charge is 0.366 e. The molecule has 1 fully saturated rings. The maximum absolute atomic E-state index is 14.3. The van der Waals surface area contributed by atoms with Gasteiger partial charge in [0.1, 0.15) is 5.82 Å². The first-order valence-electron chi connectivity index (χ1n) is 12.8. The van der Waals surface area contributed by atoms with E-state index in [2.05, 4.69) is 27.5 Å². The number of nitrogens with zero attached hydrogens (tertiary/aromatic N) is 4. The van der Waals surface area contributed by atoms with Gasteiger partial charge in [-0.1, -0.05) is 30.8 Å². The Balaban J connectivity index is 1.46. The number of benzene rings is 3. The zero-order valence-electron chi connectivity index (χ0n) is 21.9. The standard InChI is InChI=1S/C30H29F2N7O/c1-3-28(40)35-22-9-4-7-20(15-22)29-26(34-23-10-5-8-21(31)16-23)18-33-30(37-29)36-24-11-6-12-25(17-24)39-14-13-38(2)27(32)19-39/h3-12,15-18,27,34H,1,13-14,19H2,2H3,(H,35,40)(H,33,36,37). The Kier molecular flexibility index (Phi) is 7.97. The van der Waals surface area contributed by atoms with Gasteiger partial charge in [-0.3, -0.25) is 9.69 Å². The van der Waals surface area contributed by atoms with Crippen molar-refractivity contribution >= 4 is 40.3 Å². The van der Waals surface area contributed by atoms with Crippen molar-refractivity contribution in [1.82, 2.24) is 14.9 Å². The third-order valence-electron chi connectivity index (χ3n) is 6.52. The minimum absolute atomic E-state index is 0.291. The lowest BCUT2D eigenvalue weighted by atomic mass is 10.1. The first-order chi connectivity index (χ1) is 19.4. The van der Waals surface area contributed by atoms with Gasteiger partial charge in [-0.05, 0) is 61.7 Å². The molecule has 0 aliphatic carbocycles. The SMILES string of the molecule is C=CC(=O)Nc1cccc(-c2nc(Nc3cccc(N4CCN(C)C(F)C4)c3)ncc2Nc2cccc(F)c2)c1. The molecule has 0 bridgehead atoms. The molecule has 5 rings (SSSR count). The monoisotopic (exact) mass is 541 g/mol. The molecule has 40 heavy (non-hydrogen) atoms. The number of aromatic nitrogens is 2. The Labute approximate surface area is 231 Å². The van der Waals surface area contributed by atoms with E-state index in [9.17, 15) is 13.6 Å². The van der Waals surface area contributed by atoms with E-state index in [1.165, 1.54) is 18.2 Å². The lowest BCUT2D eigenvalue weighted by Gasteiger charge is -2.36. The first kappa shape index (κ1) is 26.8. The molecule has 3 aromatic carbocycles. The van der Waals surface area contributed by atoms with E-state index < -0.39 is 6.30 Å². The van der Waals surface area contributed by atoms with Crippen molar-refractivity contribution < 1.29 is 13.6 Å². The second kappa shape index (κ2) is 11.9. The molecule has 1 amide bonds. The van der Waals surface area contributed by atoms with Crippen LogP contribution < -0.4 is 20.9 Å². The maximum atomic E-state index is 14.3. The fourth-order valence-corrected chi connectivity index (χ4v) is 4.39. The molecule has 4 aromatic rings. The van der Waals surface area contributed by atoms with Crippen molar-refractivity contribution in [3.8, 4) is 11.3 Å². The zero-order valence-corrected chi connectivity index (χ0v) is 21.9. The third-order valence-corrected chi connectivity index (χ3v) is 6.52. The lowest BCUT2D eigenvalue weighted by Crippen LogP contribution is -2.49. The topological polar surface area (TPSA) is 85.4 Å². The number of alkyl halides is 1. The van der Waals surface area contributed by atoms with Crippen molar-refractivity contribution in [3.05, 3.63) is 97.5 Å². The molecule has 1 unspecified atom stereocenters. The highest BCUT2D eigenvalue weighted by atomic mass is 19.1. The van der Waals surface area contributed by atoms with Crippen LogP contribution >= 0.6 is 0 Å². The summed E-state index contributed by atoms with van der Waals surface area (Å²) in [6, 6.07) is 21.0. The van der Waals surface area contributed by atoms with Crippen molar-refractivity contribution in [1.29, 1.82) is 0 Å².